The molecule has 0 saturated carbocycles. The minimum absolute atomic E-state index is 0.0347. The molecule has 2 N–H and O–H groups in total. The molecule has 0 aliphatic rings. The first-order valence-corrected chi connectivity index (χ1v) is 12.8. The number of rotatable bonds is 6. The van der Waals surface area contributed by atoms with Crippen molar-refractivity contribution in [1.82, 2.24) is 10.2 Å². The van der Waals surface area contributed by atoms with Crippen LogP contribution in [0.4, 0.5) is 16.5 Å². The standard InChI is InChI=1S/C25H16ClN5O4S2/c1-13-6-11-17-19(12-13)36-21(20(17)26)23(33)27-18-5-3-2-4-16(18)22(32)28-25-30-29-24(37-25)14-7-9-15(10-8-14)31(34)35/h2-12H,1H3,(H,27,33)(H,28,30,32). The van der Waals surface area contributed by atoms with E-state index in [1.54, 1.807) is 36.4 Å². The summed E-state index contributed by atoms with van der Waals surface area (Å²) in [5.74, 6) is -0.902. The fraction of sp³-hybridized carbons (Fsp3) is 0.0400. The summed E-state index contributed by atoms with van der Waals surface area (Å²) >= 11 is 8.89. The van der Waals surface area contributed by atoms with Crippen molar-refractivity contribution in [2.45, 2.75) is 6.92 Å². The molecule has 2 amide bonds. The molecule has 2 aromatic heterocycles. The van der Waals surface area contributed by atoms with Gasteiger partial charge in [0.05, 0.1) is 21.2 Å². The second-order valence-electron chi connectivity index (χ2n) is 7.91. The van der Waals surface area contributed by atoms with E-state index in [0.717, 1.165) is 27.0 Å². The molecule has 0 spiro atoms. The first-order valence-electron chi connectivity index (χ1n) is 10.8. The number of nitrogens with one attached hydrogen (secondary N) is 2. The third-order valence-corrected chi connectivity index (χ3v) is 7.93. The van der Waals surface area contributed by atoms with Crippen LogP contribution >= 0.6 is 34.3 Å². The number of para-hydroxylation sites is 1. The Hall–Kier alpha value is -4.19. The van der Waals surface area contributed by atoms with E-state index in [4.69, 9.17) is 11.6 Å². The number of aryl methyl sites for hydroxylation is 1. The predicted molar refractivity (Wildman–Crippen MR) is 146 cm³/mol. The molecule has 5 rings (SSSR count). The minimum atomic E-state index is -0.486. The van der Waals surface area contributed by atoms with Crippen LogP contribution in [0.1, 0.15) is 25.6 Å². The number of benzene rings is 3. The molecule has 9 nitrogen and oxygen atoms in total. The summed E-state index contributed by atoms with van der Waals surface area (Å²) in [5.41, 5.74) is 2.21. The molecule has 3 aromatic carbocycles. The lowest BCUT2D eigenvalue weighted by molar-refractivity contribution is -0.384. The Morgan fingerprint density at radius 3 is 2.46 bits per heavy atom. The molecular formula is C25H16ClN5O4S2. The van der Waals surface area contributed by atoms with Gasteiger partial charge in [0.25, 0.3) is 17.5 Å². The second kappa shape index (κ2) is 10.1. The Morgan fingerprint density at radius 2 is 1.70 bits per heavy atom. The summed E-state index contributed by atoms with van der Waals surface area (Å²) in [4.78, 5) is 36.8. The van der Waals surface area contributed by atoms with Gasteiger partial charge in [-0.3, -0.25) is 25.0 Å². The van der Waals surface area contributed by atoms with Crippen LogP contribution in [-0.2, 0) is 0 Å². The number of halogens is 1. The van der Waals surface area contributed by atoms with Crippen LogP contribution in [0.25, 0.3) is 20.7 Å². The number of anilines is 2. The van der Waals surface area contributed by atoms with Crippen molar-refractivity contribution >= 4 is 72.7 Å². The van der Waals surface area contributed by atoms with Crippen LogP contribution in [-0.4, -0.2) is 26.9 Å². The van der Waals surface area contributed by atoms with Crippen molar-refractivity contribution in [1.29, 1.82) is 0 Å². The van der Waals surface area contributed by atoms with E-state index in [9.17, 15) is 19.7 Å². The summed E-state index contributed by atoms with van der Waals surface area (Å²) in [7, 11) is 0. The summed E-state index contributed by atoms with van der Waals surface area (Å²) < 4.78 is 0.904. The van der Waals surface area contributed by atoms with Gasteiger partial charge < -0.3 is 5.32 Å². The Kier molecular flexibility index (Phi) is 6.66. The van der Waals surface area contributed by atoms with Gasteiger partial charge in [0.1, 0.15) is 9.88 Å². The molecule has 0 aliphatic heterocycles. The fourth-order valence-electron chi connectivity index (χ4n) is 3.57. The largest absolute Gasteiger partial charge is 0.320 e. The van der Waals surface area contributed by atoms with Gasteiger partial charge in [-0.05, 0) is 42.8 Å². The van der Waals surface area contributed by atoms with Gasteiger partial charge in [0.2, 0.25) is 5.13 Å². The lowest BCUT2D eigenvalue weighted by Crippen LogP contribution is -2.17. The number of nitro benzene ring substituents is 1. The first kappa shape index (κ1) is 24.5. The maximum Gasteiger partial charge on any atom is 0.269 e. The Morgan fingerprint density at radius 1 is 0.946 bits per heavy atom. The van der Waals surface area contributed by atoms with Crippen molar-refractivity contribution in [2.75, 3.05) is 10.6 Å². The van der Waals surface area contributed by atoms with Crippen LogP contribution in [0.5, 0.6) is 0 Å². The number of non-ortho nitro benzene ring substituents is 1. The highest BCUT2D eigenvalue weighted by molar-refractivity contribution is 7.21. The number of carbonyl (C=O) groups is 2. The number of nitro groups is 1. The molecule has 0 atom stereocenters. The van der Waals surface area contributed by atoms with Crippen LogP contribution in [0.3, 0.4) is 0 Å². The van der Waals surface area contributed by atoms with E-state index in [-0.39, 0.29) is 16.4 Å². The van der Waals surface area contributed by atoms with Gasteiger partial charge in [-0.2, -0.15) is 0 Å². The number of fused-ring (bicyclic) bond motifs is 1. The molecule has 184 valence electrons. The molecule has 0 fully saturated rings. The van der Waals surface area contributed by atoms with Gasteiger partial charge in [-0.1, -0.05) is 47.2 Å². The normalized spacial score (nSPS) is 10.9. The number of carbonyl (C=O) groups excluding carboxylic acids is 2. The van der Waals surface area contributed by atoms with Gasteiger partial charge in [-0.25, -0.2) is 0 Å². The van der Waals surface area contributed by atoms with E-state index in [1.165, 1.54) is 23.5 Å². The lowest BCUT2D eigenvalue weighted by Gasteiger charge is -2.10. The van der Waals surface area contributed by atoms with Crippen LogP contribution in [0, 0.1) is 17.0 Å². The summed E-state index contributed by atoms with van der Waals surface area (Å²) in [6, 6.07) is 18.3. The second-order valence-corrected chi connectivity index (χ2v) is 10.3. The molecule has 0 aliphatic carbocycles. The first-order chi connectivity index (χ1) is 17.8. The molecule has 12 heteroatoms. The molecule has 0 saturated heterocycles. The van der Waals surface area contributed by atoms with Crippen LogP contribution in [0.15, 0.2) is 66.7 Å². The molecular weight excluding hydrogens is 534 g/mol. The molecule has 37 heavy (non-hydrogen) atoms. The van der Waals surface area contributed by atoms with E-state index in [2.05, 4.69) is 20.8 Å². The lowest BCUT2D eigenvalue weighted by atomic mass is 10.1. The SMILES string of the molecule is Cc1ccc2c(Cl)c(C(=O)Nc3ccccc3C(=O)Nc3nnc(-c4ccc([N+](=O)[O-])cc4)s3)sc2c1. The quantitative estimate of drug-likeness (QED) is 0.177. The highest BCUT2D eigenvalue weighted by Gasteiger charge is 2.20. The Balaban J connectivity index is 1.34. The van der Waals surface area contributed by atoms with Crippen LogP contribution in [0.2, 0.25) is 5.02 Å². The highest BCUT2D eigenvalue weighted by atomic mass is 35.5. The number of nitrogens with zero attached hydrogens (tertiary/aromatic N) is 3. The average molecular weight is 550 g/mol. The highest BCUT2D eigenvalue weighted by Crippen LogP contribution is 2.36. The zero-order valence-electron chi connectivity index (χ0n) is 19.0. The van der Waals surface area contributed by atoms with E-state index < -0.39 is 16.7 Å². The minimum Gasteiger partial charge on any atom is -0.320 e. The van der Waals surface area contributed by atoms with Crippen molar-refractivity contribution in [2.24, 2.45) is 0 Å². The Bertz CT molecular complexity index is 1680. The topological polar surface area (TPSA) is 127 Å². The molecule has 0 radical (unpaired) electrons. The molecule has 0 bridgehead atoms. The number of hydrogen-bond acceptors (Lipinski definition) is 8. The number of amides is 2. The van der Waals surface area contributed by atoms with Gasteiger partial charge in [-0.15, -0.1) is 21.5 Å². The van der Waals surface area contributed by atoms with Crippen molar-refractivity contribution in [3.05, 3.63) is 97.9 Å². The number of thiophene rings is 1. The maximum absolute atomic E-state index is 13.1. The van der Waals surface area contributed by atoms with Crippen molar-refractivity contribution in [3.63, 3.8) is 0 Å². The molecule has 2 heterocycles. The summed E-state index contributed by atoms with van der Waals surface area (Å²) in [5, 5.41) is 26.3. The van der Waals surface area contributed by atoms with Gasteiger partial charge >= 0.3 is 0 Å². The van der Waals surface area contributed by atoms with Gasteiger partial charge in [0, 0.05) is 27.8 Å². The maximum atomic E-state index is 13.1. The van der Waals surface area contributed by atoms with Gasteiger partial charge in [0.15, 0.2) is 0 Å². The van der Waals surface area contributed by atoms with E-state index in [0.29, 0.717) is 26.2 Å². The molecule has 5 aromatic rings. The van der Waals surface area contributed by atoms with Crippen molar-refractivity contribution in [3.8, 4) is 10.6 Å². The fourth-order valence-corrected chi connectivity index (χ4v) is 5.82. The summed E-state index contributed by atoms with van der Waals surface area (Å²) in [6.07, 6.45) is 0. The van der Waals surface area contributed by atoms with E-state index in [1.807, 2.05) is 25.1 Å². The zero-order chi connectivity index (χ0) is 26.1. The molecule has 0 unspecified atom stereocenters. The number of aromatic nitrogens is 2. The monoisotopic (exact) mass is 549 g/mol. The average Bonchev–Trinajstić information content (AvgIpc) is 3.48. The summed E-state index contributed by atoms with van der Waals surface area (Å²) in [6.45, 7) is 1.97. The van der Waals surface area contributed by atoms with Crippen molar-refractivity contribution < 1.29 is 14.5 Å². The van der Waals surface area contributed by atoms with E-state index >= 15 is 0 Å². The smallest absolute Gasteiger partial charge is 0.269 e. The predicted octanol–water partition coefficient (Wildman–Crippen LogP) is 6.79. The third kappa shape index (κ3) is 5.05. The van der Waals surface area contributed by atoms with Crippen LogP contribution < -0.4 is 10.6 Å². The zero-order valence-corrected chi connectivity index (χ0v) is 21.4. The Labute approximate surface area is 222 Å². The third-order valence-electron chi connectivity index (χ3n) is 5.38. The number of hydrogen-bond donors (Lipinski definition) is 2.